The lowest BCUT2D eigenvalue weighted by molar-refractivity contribution is -0.287. The molecule has 17 heavy (non-hydrogen) atoms. The van der Waals surface area contributed by atoms with Crippen molar-refractivity contribution in [2.24, 2.45) is 17.3 Å². The van der Waals surface area contributed by atoms with Gasteiger partial charge in [-0.05, 0) is 25.2 Å². The molecule has 0 aromatic heterocycles. The van der Waals surface area contributed by atoms with Crippen LogP contribution in [0.4, 0.5) is 0 Å². The fourth-order valence-corrected chi connectivity index (χ4v) is 3.12. The van der Waals surface area contributed by atoms with E-state index >= 15 is 0 Å². The Hall–Kier alpha value is -0.340. The van der Waals surface area contributed by atoms with Crippen molar-refractivity contribution in [3.05, 3.63) is 12.2 Å². The van der Waals surface area contributed by atoms with Crippen molar-refractivity contribution >= 4 is 0 Å². The van der Waals surface area contributed by atoms with E-state index in [4.69, 9.17) is 9.47 Å². The van der Waals surface area contributed by atoms with E-state index in [0.717, 1.165) is 13.0 Å². The second-order valence-corrected chi connectivity index (χ2v) is 6.51. The van der Waals surface area contributed by atoms with Gasteiger partial charge in [0, 0.05) is 11.3 Å². The molecule has 98 valence electrons. The smallest absolute Gasteiger partial charge is 0.161 e. The molecule has 1 aliphatic carbocycles. The summed E-state index contributed by atoms with van der Waals surface area (Å²) in [5.74, 6) is 1.10. The molecule has 0 N–H and O–H groups in total. The average Bonchev–Trinajstić information content (AvgIpc) is 2.29. The molecule has 0 radical (unpaired) electrons. The molecule has 0 unspecified atom stereocenters. The summed E-state index contributed by atoms with van der Waals surface area (Å²) in [4.78, 5) is 0. The maximum Gasteiger partial charge on any atom is 0.161 e. The molecule has 0 aromatic carbocycles. The van der Waals surface area contributed by atoms with Gasteiger partial charge in [-0.25, -0.2) is 0 Å². The van der Waals surface area contributed by atoms with E-state index in [1.165, 1.54) is 12.8 Å². The van der Waals surface area contributed by atoms with Crippen LogP contribution in [0.15, 0.2) is 12.2 Å². The zero-order chi connectivity index (χ0) is 12.5. The van der Waals surface area contributed by atoms with Crippen LogP contribution in [-0.2, 0) is 9.47 Å². The molecule has 1 heterocycles. The first-order valence-electron chi connectivity index (χ1n) is 6.93. The van der Waals surface area contributed by atoms with Gasteiger partial charge in [-0.15, -0.1) is 0 Å². The summed E-state index contributed by atoms with van der Waals surface area (Å²) in [5.41, 5.74) is 0.134. The molecule has 3 atom stereocenters. The predicted octanol–water partition coefficient (Wildman–Crippen LogP) is 3.77. The molecule has 0 amide bonds. The maximum absolute atomic E-state index is 6.25. The Kier molecular flexibility index (Phi) is 3.94. The molecule has 0 saturated carbocycles. The van der Waals surface area contributed by atoms with E-state index in [2.05, 4.69) is 39.8 Å². The van der Waals surface area contributed by atoms with Crippen LogP contribution >= 0.6 is 0 Å². The zero-order valence-corrected chi connectivity index (χ0v) is 11.6. The second kappa shape index (κ2) is 5.11. The number of hydrogen-bond acceptors (Lipinski definition) is 2. The lowest BCUT2D eigenvalue weighted by Crippen LogP contribution is -2.50. The third kappa shape index (κ3) is 2.92. The van der Waals surface area contributed by atoms with Gasteiger partial charge in [-0.3, -0.25) is 0 Å². The summed E-state index contributed by atoms with van der Waals surface area (Å²) in [6, 6.07) is 0. The van der Waals surface area contributed by atoms with E-state index < -0.39 is 0 Å². The third-order valence-electron chi connectivity index (χ3n) is 3.97. The Morgan fingerprint density at radius 3 is 2.59 bits per heavy atom. The molecule has 2 nitrogen and oxygen atoms in total. The summed E-state index contributed by atoms with van der Waals surface area (Å²) < 4.78 is 12.2. The Bertz CT molecular complexity index is 281. The summed E-state index contributed by atoms with van der Waals surface area (Å²) in [6.45, 7) is 9.80. The fraction of sp³-hybridized carbons (Fsp3) is 0.867. The highest BCUT2D eigenvalue weighted by Gasteiger charge is 2.41. The molecule has 2 aliphatic rings. The summed E-state index contributed by atoms with van der Waals surface area (Å²) in [6.07, 6.45) is 8.34. The minimum absolute atomic E-state index is 0.0142. The van der Waals surface area contributed by atoms with Crippen molar-refractivity contribution in [3.63, 3.8) is 0 Å². The molecule has 1 aliphatic heterocycles. The molecule has 1 saturated heterocycles. The minimum Gasteiger partial charge on any atom is -0.352 e. The van der Waals surface area contributed by atoms with Gasteiger partial charge in [0.25, 0.3) is 0 Å². The van der Waals surface area contributed by atoms with Gasteiger partial charge in [-0.1, -0.05) is 39.8 Å². The molecule has 2 rings (SSSR count). The first-order chi connectivity index (χ1) is 8.00. The van der Waals surface area contributed by atoms with E-state index in [0.29, 0.717) is 17.9 Å². The van der Waals surface area contributed by atoms with Gasteiger partial charge >= 0.3 is 0 Å². The quantitative estimate of drug-likeness (QED) is 0.682. The first kappa shape index (κ1) is 13.1. The second-order valence-electron chi connectivity index (χ2n) is 6.51. The van der Waals surface area contributed by atoms with Crippen LogP contribution < -0.4 is 0 Å². The van der Waals surface area contributed by atoms with Crippen LogP contribution in [0.5, 0.6) is 0 Å². The number of ether oxygens (including phenoxy) is 2. The van der Waals surface area contributed by atoms with Gasteiger partial charge < -0.3 is 9.47 Å². The normalized spacial score (nSPS) is 37.4. The van der Waals surface area contributed by atoms with Crippen molar-refractivity contribution in [1.29, 1.82) is 0 Å². The molecule has 2 heteroatoms. The van der Waals surface area contributed by atoms with Crippen LogP contribution in [0.3, 0.4) is 0 Å². The Balaban J connectivity index is 2.01. The largest absolute Gasteiger partial charge is 0.352 e. The monoisotopic (exact) mass is 238 g/mol. The summed E-state index contributed by atoms with van der Waals surface area (Å²) >= 11 is 0. The number of rotatable bonds is 2. The van der Waals surface area contributed by atoms with Gasteiger partial charge in [0.1, 0.15) is 0 Å². The number of allylic oxidation sites excluding steroid dienone is 2. The van der Waals surface area contributed by atoms with E-state index in [1.807, 2.05) is 0 Å². The van der Waals surface area contributed by atoms with Crippen LogP contribution in [-0.4, -0.2) is 19.0 Å². The number of hydrogen-bond donors (Lipinski definition) is 0. The standard InChI is InChI=1S/C15H26O2/c1-11(2)13-15(3,4)10-16-14(17-13)12-8-6-5-7-9-12/h5-6,11-14H,7-10H2,1-4H3/t12-,13-,14+/m0/s1. The SMILES string of the molecule is CC(C)[C@@H]1O[C@H]([C@H]2CC=CCC2)OCC1(C)C. The van der Waals surface area contributed by atoms with Crippen LogP contribution in [0.1, 0.15) is 47.0 Å². The van der Waals surface area contributed by atoms with Gasteiger partial charge in [-0.2, -0.15) is 0 Å². The fourth-order valence-electron chi connectivity index (χ4n) is 3.12. The van der Waals surface area contributed by atoms with Gasteiger partial charge in [0.15, 0.2) is 6.29 Å². The Morgan fingerprint density at radius 1 is 1.24 bits per heavy atom. The van der Waals surface area contributed by atoms with Crippen LogP contribution in [0.2, 0.25) is 0 Å². The van der Waals surface area contributed by atoms with Crippen molar-refractivity contribution in [2.75, 3.05) is 6.61 Å². The van der Waals surface area contributed by atoms with Crippen molar-refractivity contribution in [3.8, 4) is 0 Å². The van der Waals surface area contributed by atoms with E-state index in [-0.39, 0.29) is 11.7 Å². The minimum atomic E-state index is 0.0142. The lowest BCUT2D eigenvalue weighted by atomic mass is 9.80. The molecular weight excluding hydrogens is 212 g/mol. The van der Waals surface area contributed by atoms with Crippen molar-refractivity contribution in [1.82, 2.24) is 0 Å². The first-order valence-corrected chi connectivity index (χ1v) is 6.93. The summed E-state index contributed by atoms with van der Waals surface area (Å²) in [5, 5.41) is 0. The van der Waals surface area contributed by atoms with Crippen molar-refractivity contribution < 1.29 is 9.47 Å². The predicted molar refractivity (Wildman–Crippen MR) is 69.7 cm³/mol. The van der Waals surface area contributed by atoms with E-state index in [9.17, 15) is 0 Å². The zero-order valence-electron chi connectivity index (χ0n) is 11.6. The highest BCUT2D eigenvalue weighted by atomic mass is 16.7. The van der Waals surface area contributed by atoms with Crippen LogP contribution in [0, 0.1) is 17.3 Å². The highest BCUT2D eigenvalue weighted by Crippen LogP contribution is 2.38. The van der Waals surface area contributed by atoms with Crippen LogP contribution in [0.25, 0.3) is 0 Å². The van der Waals surface area contributed by atoms with Gasteiger partial charge in [0.2, 0.25) is 0 Å². The topological polar surface area (TPSA) is 18.5 Å². The maximum atomic E-state index is 6.25. The Morgan fingerprint density at radius 2 is 2.00 bits per heavy atom. The van der Waals surface area contributed by atoms with Gasteiger partial charge in [0.05, 0.1) is 12.7 Å². The lowest BCUT2D eigenvalue weighted by Gasteiger charge is -2.46. The molecule has 0 aromatic rings. The molecule has 0 bridgehead atoms. The Labute approximate surface area is 105 Å². The molecular formula is C15H26O2. The molecule has 1 fully saturated rings. The highest BCUT2D eigenvalue weighted by molar-refractivity contribution is 4.93. The van der Waals surface area contributed by atoms with Crippen molar-refractivity contribution in [2.45, 2.75) is 59.4 Å². The average molecular weight is 238 g/mol. The molecule has 0 spiro atoms. The third-order valence-corrected chi connectivity index (χ3v) is 3.97. The van der Waals surface area contributed by atoms with E-state index in [1.54, 1.807) is 0 Å². The summed E-state index contributed by atoms with van der Waals surface area (Å²) in [7, 11) is 0.